The van der Waals surface area contributed by atoms with Crippen molar-refractivity contribution in [2.45, 2.75) is 38.3 Å². The lowest BCUT2D eigenvalue weighted by molar-refractivity contribution is 0.390. The lowest BCUT2D eigenvalue weighted by atomic mass is 9.92. The van der Waals surface area contributed by atoms with Crippen molar-refractivity contribution in [2.24, 2.45) is 5.92 Å². The number of aromatic hydroxyl groups is 1. The molecule has 1 atom stereocenters. The van der Waals surface area contributed by atoms with Gasteiger partial charge in [-0.15, -0.1) is 0 Å². The molecular formula is C13H17NO. The predicted molar refractivity (Wildman–Crippen MR) is 59.6 cm³/mol. The first-order valence-corrected chi connectivity index (χ1v) is 5.90. The maximum Gasteiger partial charge on any atom is 0.120 e. The Kier molecular flexibility index (Phi) is 2.17. The Morgan fingerprint density at radius 3 is 2.80 bits per heavy atom. The van der Waals surface area contributed by atoms with Crippen LogP contribution in [-0.2, 0) is 6.54 Å². The van der Waals surface area contributed by atoms with Gasteiger partial charge in [-0.25, -0.2) is 0 Å². The Hall–Kier alpha value is -1.02. The molecule has 1 saturated carbocycles. The minimum atomic E-state index is 0.459. The van der Waals surface area contributed by atoms with Gasteiger partial charge in [-0.2, -0.15) is 0 Å². The quantitative estimate of drug-likeness (QED) is 0.735. The third kappa shape index (κ3) is 1.44. The smallest absolute Gasteiger partial charge is 0.120 e. The molecule has 1 aliphatic heterocycles. The van der Waals surface area contributed by atoms with Crippen LogP contribution in [0.15, 0.2) is 18.2 Å². The van der Waals surface area contributed by atoms with E-state index in [2.05, 4.69) is 11.4 Å². The summed E-state index contributed by atoms with van der Waals surface area (Å²) >= 11 is 0. The summed E-state index contributed by atoms with van der Waals surface area (Å²) in [4.78, 5) is 0. The summed E-state index contributed by atoms with van der Waals surface area (Å²) in [6.07, 6.45) is 5.42. The maximum atomic E-state index is 9.75. The minimum Gasteiger partial charge on any atom is -0.508 e. The molecule has 15 heavy (non-hydrogen) atoms. The molecule has 2 aliphatic rings. The summed E-state index contributed by atoms with van der Waals surface area (Å²) in [6, 6.07) is 6.41. The van der Waals surface area contributed by atoms with E-state index < -0.39 is 0 Å². The molecule has 3 rings (SSSR count). The van der Waals surface area contributed by atoms with Crippen LogP contribution in [0.3, 0.4) is 0 Å². The average molecular weight is 203 g/mol. The summed E-state index contributed by atoms with van der Waals surface area (Å²) in [7, 11) is 0. The maximum absolute atomic E-state index is 9.75. The number of benzene rings is 1. The van der Waals surface area contributed by atoms with Gasteiger partial charge < -0.3 is 10.4 Å². The van der Waals surface area contributed by atoms with E-state index in [1.165, 1.54) is 31.2 Å². The van der Waals surface area contributed by atoms with Gasteiger partial charge >= 0.3 is 0 Å². The van der Waals surface area contributed by atoms with Crippen LogP contribution in [0.25, 0.3) is 0 Å². The second kappa shape index (κ2) is 3.53. The molecule has 0 spiro atoms. The van der Waals surface area contributed by atoms with Gasteiger partial charge in [-0.05, 0) is 30.4 Å². The van der Waals surface area contributed by atoms with E-state index in [9.17, 15) is 5.11 Å². The lowest BCUT2D eigenvalue weighted by Crippen LogP contribution is -2.19. The predicted octanol–water partition coefficient (Wildman–Crippen LogP) is 2.73. The van der Waals surface area contributed by atoms with Crippen molar-refractivity contribution < 1.29 is 5.11 Å². The Labute approximate surface area is 90.3 Å². The Bertz CT molecular complexity index is 369. The summed E-state index contributed by atoms with van der Waals surface area (Å²) in [6.45, 7) is 0.836. The molecule has 80 valence electrons. The Morgan fingerprint density at radius 2 is 2.00 bits per heavy atom. The molecule has 0 aromatic heterocycles. The summed E-state index contributed by atoms with van der Waals surface area (Å²) in [5, 5.41) is 13.3. The van der Waals surface area contributed by atoms with Gasteiger partial charge in [0.2, 0.25) is 0 Å². The largest absolute Gasteiger partial charge is 0.508 e. The van der Waals surface area contributed by atoms with Crippen LogP contribution in [0, 0.1) is 5.92 Å². The highest BCUT2D eigenvalue weighted by atomic mass is 16.3. The normalized spacial score (nSPS) is 25.7. The molecule has 2 heteroatoms. The van der Waals surface area contributed by atoms with Gasteiger partial charge in [0, 0.05) is 18.2 Å². The highest BCUT2D eigenvalue weighted by Crippen LogP contribution is 2.41. The molecule has 0 radical (unpaired) electrons. The van der Waals surface area contributed by atoms with Crippen molar-refractivity contribution in [3.63, 3.8) is 0 Å². The number of fused-ring (bicyclic) bond motifs is 1. The van der Waals surface area contributed by atoms with Crippen molar-refractivity contribution in [1.29, 1.82) is 0 Å². The first-order chi connectivity index (χ1) is 7.36. The fourth-order valence-corrected chi connectivity index (χ4v) is 3.11. The molecule has 1 aromatic rings. The van der Waals surface area contributed by atoms with Crippen molar-refractivity contribution >= 4 is 0 Å². The average Bonchev–Trinajstić information content (AvgIpc) is 2.85. The van der Waals surface area contributed by atoms with Gasteiger partial charge in [0.25, 0.3) is 0 Å². The monoisotopic (exact) mass is 203 g/mol. The third-order valence-electron chi connectivity index (χ3n) is 3.89. The van der Waals surface area contributed by atoms with Gasteiger partial charge in [-0.3, -0.25) is 0 Å². The summed E-state index contributed by atoms with van der Waals surface area (Å²) in [5.74, 6) is 1.24. The van der Waals surface area contributed by atoms with Gasteiger partial charge in [0.05, 0.1) is 0 Å². The molecule has 1 heterocycles. The SMILES string of the molecule is Oc1cccc2c1CNC2C1CCCC1. The minimum absolute atomic E-state index is 0.459. The van der Waals surface area contributed by atoms with E-state index in [1.807, 2.05) is 6.07 Å². The van der Waals surface area contributed by atoms with Crippen molar-refractivity contribution in [3.8, 4) is 5.75 Å². The second-order valence-electron chi connectivity index (χ2n) is 4.75. The van der Waals surface area contributed by atoms with Crippen molar-refractivity contribution in [1.82, 2.24) is 5.32 Å². The van der Waals surface area contributed by atoms with Crippen LogP contribution < -0.4 is 5.32 Å². The number of phenols is 1. The molecule has 1 unspecified atom stereocenters. The molecule has 1 aliphatic carbocycles. The van der Waals surface area contributed by atoms with E-state index in [0.717, 1.165) is 18.0 Å². The highest BCUT2D eigenvalue weighted by Gasteiger charge is 2.32. The van der Waals surface area contributed by atoms with Gasteiger partial charge in [0.1, 0.15) is 5.75 Å². The fourth-order valence-electron chi connectivity index (χ4n) is 3.11. The molecule has 1 fully saturated rings. The zero-order chi connectivity index (χ0) is 10.3. The van der Waals surface area contributed by atoms with Crippen LogP contribution in [0.1, 0.15) is 42.9 Å². The molecular weight excluding hydrogens is 186 g/mol. The Balaban J connectivity index is 1.94. The molecule has 0 saturated heterocycles. The van der Waals surface area contributed by atoms with Gasteiger partial charge in [-0.1, -0.05) is 25.0 Å². The number of rotatable bonds is 1. The number of hydrogen-bond donors (Lipinski definition) is 2. The summed E-state index contributed by atoms with van der Waals surface area (Å²) < 4.78 is 0. The first-order valence-electron chi connectivity index (χ1n) is 5.90. The van der Waals surface area contributed by atoms with Crippen LogP contribution in [0.4, 0.5) is 0 Å². The van der Waals surface area contributed by atoms with Crippen LogP contribution in [-0.4, -0.2) is 5.11 Å². The molecule has 1 aromatic carbocycles. The van der Waals surface area contributed by atoms with Crippen molar-refractivity contribution in [2.75, 3.05) is 0 Å². The van der Waals surface area contributed by atoms with E-state index in [-0.39, 0.29) is 0 Å². The number of phenolic OH excluding ortho intramolecular Hbond substituents is 1. The van der Waals surface area contributed by atoms with Crippen LogP contribution in [0.2, 0.25) is 0 Å². The van der Waals surface area contributed by atoms with Crippen LogP contribution in [0.5, 0.6) is 5.75 Å². The molecule has 2 N–H and O–H groups in total. The molecule has 0 amide bonds. The standard InChI is InChI=1S/C13H17NO/c15-12-7-3-6-10-11(12)8-14-13(10)9-4-1-2-5-9/h3,6-7,9,13-15H,1-2,4-5,8H2. The number of nitrogens with one attached hydrogen (secondary N) is 1. The van der Waals surface area contributed by atoms with E-state index in [0.29, 0.717) is 11.8 Å². The van der Waals surface area contributed by atoms with E-state index in [1.54, 1.807) is 6.07 Å². The molecule has 2 nitrogen and oxygen atoms in total. The zero-order valence-corrected chi connectivity index (χ0v) is 8.87. The highest BCUT2D eigenvalue weighted by molar-refractivity contribution is 5.44. The van der Waals surface area contributed by atoms with Gasteiger partial charge in [0.15, 0.2) is 0 Å². The van der Waals surface area contributed by atoms with Crippen molar-refractivity contribution in [3.05, 3.63) is 29.3 Å². The zero-order valence-electron chi connectivity index (χ0n) is 8.87. The van der Waals surface area contributed by atoms with Crippen LogP contribution >= 0.6 is 0 Å². The topological polar surface area (TPSA) is 32.3 Å². The third-order valence-corrected chi connectivity index (χ3v) is 3.89. The lowest BCUT2D eigenvalue weighted by Gasteiger charge is -2.19. The summed E-state index contributed by atoms with van der Waals surface area (Å²) in [5.41, 5.74) is 2.45. The Morgan fingerprint density at radius 1 is 1.20 bits per heavy atom. The molecule has 0 bridgehead atoms. The fraction of sp³-hybridized carbons (Fsp3) is 0.538. The second-order valence-corrected chi connectivity index (χ2v) is 4.75. The van der Waals surface area contributed by atoms with E-state index >= 15 is 0 Å². The van der Waals surface area contributed by atoms with E-state index in [4.69, 9.17) is 0 Å². The number of hydrogen-bond acceptors (Lipinski definition) is 2. The first kappa shape index (κ1) is 9.22.